The third-order valence-electron chi connectivity index (χ3n) is 4.44. The van der Waals surface area contributed by atoms with Gasteiger partial charge in [-0.2, -0.15) is 0 Å². The van der Waals surface area contributed by atoms with Crippen molar-refractivity contribution in [3.05, 3.63) is 29.3 Å². The van der Waals surface area contributed by atoms with Gasteiger partial charge < -0.3 is 15.3 Å². The Balaban J connectivity index is 2.02. The fraction of sp³-hybridized carbons (Fsp3) is 0.556. The van der Waals surface area contributed by atoms with Crippen LogP contribution in [0.5, 0.6) is 0 Å². The highest BCUT2D eigenvalue weighted by Gasteiger charge is 2.31. The summed E-state index contributed by atoms with van der Waals surface area (Å²) in [7, 11) is 0. The molecule has 2 unspecified atom stereocenters. The molecule has 0 spiro atoms. The maximum absolute atomic E-state index is 12.3. The second-order valence-corrected chi connectivity index (χ2v) is 6.44. The lowest BCUT2D eigenvalue weighted by atomic mass is 9.95. The topological polar surface area (TPSA) is 69.6 Å². The summed E-state index contributed by atoms with van der Waals surface area (Å²) in [4.78, 5) is 26.2. The fourth-order valence-electron chi connectivity index (χ4n) is 2.75. The maximum atomic E-state index is 12.3. The summed E-state index contributed by atoms with van der Waals surface area (Å²) in [5, 5.41) is 12.1. The second kappa shape index (κ2) is 7.59. The van der Waals surface area contributed by atoms with E-state index in [4.69, 9.17) is 0 Å². The first-order valence-corrected chi connectivity index (χ1v) is 8.22. The summed E-state index contributed by atoms with van der Waals surface area (Å²) in [5.41, 5.74) is 3.18. The lowest BCUT2D eigenvalue weighted by molar-refractivity contribution is -0.127. The van der Waals surface area contributed by atoms with Crippen molar-refractivity contribution in [2.45, 2.75) is 46.1 Å². The molecule has 1 aromatic carbocycles. The standard InChI is InChI=1S/C18H26N2O3/c1-12-4-6-16(10-13(12)2)20-11-15(5-7-17(20)22)18(23)19-9-8-14(3)21/h4,6,10,14-15,21H,5,7-9,11H2,1-3H3,(H,19,23). The molecular weight excluding hydrogens is 292 g/mol. The summed E-state index contributed by atoms with van der Waals surface area (Å²) in [5.74, 6) is -0.156. The van der Waals surface area contributed by atoms with Crippen LogP contribution in [0.1, 0.15) is 37.3 Å². The number of nitrogens with zero attached hydrogens (tertiary/aromatic N) is 1. The molecule has 2 amide bonds. The number of amides is 2. The molecule has 0 aromatic heterocycles. The van der Waals surface area contributed by atoms with Crippen LogP contribution in [0, 0.1) is 19.8 Å². The molecule has 23 heavy (non-hydrogen) atoms. The van der Waals surface area contributed by atoms with E-state index in [0.29, 0.717) is 32.4 Å². The van der Waals surface area contributed by atoms with Crippen molar-refractivity contribution in [3.63, 3.8) is 0 Å². The monoisotopic (exact) mass is 318 g/mol. The summed E-state index contributed by atoms with van der Waals surface area (Å²) >= 11 is 0. The summed E-state index contributed by atoms with van der Waals surface area (Å²) in [6.45, 7) is 6.64. The number of rotatable bonds is 5. The van der Waals surface area contributed by atoms with Gasteiger partial charge in [-0.15, -0.1) is 0 Å². The Hall–Kier alpha value is -1.88. The third-order valence-corrected chi connectivity index (χ3v) is 4.44. The SMILES string of the molecule is Cc1ccc(N2CC(C(=O)NCCC(C)O)CCC2=O)cc1C. The van der Waals surface area contributed by atoms with Crippen molar-refractivity contribution >= 4 is 17.5 Å². The van der Waals surface area contributed by atoms with Gasteiger partial charge in [0.05, 0.1) is 12.0 Å². The molecule has 5 nitrogen and oxygen atoms in total. The zero-order chi connectivity index (χ0) is 17.0. The minimum atomic E-state index is -0.421. The van der Waals surface area contributed by atoms with E-state index in [-0.39, 0.29) is 17.7 Å². The van der Waals surface area contributed by atoms with Gasteiger partial charge in [0.15, 0.2) is 0 Å². The maximum Gasteiger partial charge on any atom is 0.227 e. The van der Waals surface area contributed by atoms with Gasteiger partial charge in [0, 0.05) is 25.2 Å². The van der Waals surface area contributed by atoms with Crippen molar-refractivity contribution in [2.75, 3.05) is 18.0 Å². The Labute approximate surface area is 137 Å². The van der Waals surface area contributed by atoms with Crippen LogP contribution < -0.4 is 10.2 Å². The van der Waals surface area contributed by atoms with E-state index in [1.807, 2.05) is 32.0 Å². The lowest BCUT2D eigenvalue weighted by Crippen LogP contribution is -2.46. The molecule has 0 bridgehead atoms. The molecule has 5 heteroatoms. The number of hydrogen-bond donors (Lipinski definition) is 2. The fourth-order valence-corrected chi connectivity index (χ4v) is 2.75. The molecule has 0 saturated carbocycles. The average Bonchev–Trinajstić information content (AvgIpc) is 2.50. The van der Waals surface area contributed by atoms with Gasteiger partial charge in [-0.1, -0.05) is 6.07 Å². The first-order chi connectivity index (χ1) is 10.9. The molecule has 126 valence electrons. The quantitative estimate of drug-likeness (QED) is 0.871. The summed E-state index contributed by atoms with van der Waals surface area (Å²) in [6, 6.07) is 5.94. The van der Waals surface area contributed by atoms with E-state index in [1.165, 1.54) is 5.56 Å². The van der Waals surface area contributed by atoms with Gasteiger partial charge >= 0.3 is 0 Å². The minimum absolute atomic E-state index is 0.0352. The van der Waals surface area contributed by atoms with E-state index in [0.717, 1.165) is 11.3 Å². The third kappa shape index (κ3) is 4.55. The van der Waals surface area contributed by atoms with Crippen LogP contribution in [-0.4, -0.2) is 36.1 Å². The van der Waals surface area contributed by atoms with Crippen LogP contribution in [0.3, 0.4) is 0 Å². The van der Waals surface area contributed by atoms with Crippen molar-refractivity contribution in [3.8, 4) is 0 Å². The van der Waals surface area contributed by atoms with Gasteiger partial charge in [-0.3, -0.25) is 9.59 Å². The predicted molar refractivity (Wildman–Crippen MR) is 90.3 cm³/mol. The summed E-state index contributed by atoms with van der Waals surface area (Å²) in [6.07, 6.45) is 1.09. The van der Waals surface area contributed by atoms with Crippen LogP contribution in [0.4, 0.5) is 5.69 Å². The smallest absolute Gasteiger partial charge is 0.227 e. The Morgan fingerprint density at radius 1 is 1.39 bits per heavy atom. The van der Waals surface area contributed by atoms with Crippen molar-refractivity contribution in [1.82, 2.24) is 5.32 Å². The van der Waals surface area contributed by atoms with Gasteiger partial charge in [-0.05, 0) is 56.9 Å². The van der Waals surface area contributed by atoms with E-state index in [9.17, 15) is 14.7 Å². The van der Waals surface area contributed by atoms with Crippen molar-refractivity contribution < 1.29 is 14.7 Å². The Kier molecular flexibility index (Phi) is 5.77. The molecule has 1 fully saturated rings. The zero-order valence-electron chi connectivity index (χ0n) is 14.1. The molecular formula is C18H26N2O3. The minimum Gasteiger partial charge on any atom is -0.393 e. The van der Waals surface area contributed by atoms with E-state index in [2.05, 4.69) is 5.32 Å². The molecule has 1 aliphatic heterocycles. The highest BCUT2D eigenvalue weighted by Crippen LogP contribution is 2.26. The van der Waals surface area contributed by atoms with Crippen LogP contribution in [0.2, 0.25) is 0 Å². The highest BCUT2D eigenvalue weighted by atomic mass is 16.3. The average molecular weight is 318 g/mol. The molecule has 1 heterocycles. The van der Waals surface area contributed by atoms with Crippen LogP contribution >= 0.6 is 0 Å². The van der Waals surface area contributed by atoms with Crippen molar-refractivity contribution in [2.24, 2.45) is 5.92 Å². The molecule has 2 rings (SSSR count). The largest absolute Gasteiger partial charge is 0.393 e. The predicted octanol–water partition coefficient (Wildman–Crippen LogP) is 1.93. The molecule has 2 atom stereocenters. The Morgan fingerprint density at radius 3 is 2.78 bits per heavy atom. The van der Waals surface area contributed by atoms with Gasteiger partial charge in [0.1, 0.15) is 0 Å². The number of hydrogen-bond acceptors (Lipinski definition) is 3. The molecule has 0 aliphatic carbocycles. The molecule has 1 saturated heterocycles. The van der Waals surface area contributed by atoms with Crippen LogP contribution in [0.25, 0.3) is 0 Å². The number of benzene rings is 1. The normalized spacial score (nSPS) is 19.6. The van der Waals surface area contributed by atoms with Crippen LogP contribution in [-0.2, 0) is 9.59 Å². The number of aliphatic hydroxyl groups is 1. The van der Waals surface area contributed by atoms with Crippen molar-refractivity contribution in [1.29, 1.82) is 0 Å². The number of nitrogens with one attached hydrogen (secondary N) is 1. The van der Waals surface area contributed by atoms with Crippen LogP contribution in [0.15, 0.2) is 18.2 Å². The zero-order valence-corrected chi connectivity index (χ0v) is 14.1. The Morgan fingerprint density at radius 2 is 2.13 bits per heavy atom. The Bertz CT molecular complexity index is 584. The first kappa shape index (κ1) is 17.5. The number of anilines is 1. The van der Waals surface area contributed by atoms with Gasteiger partial charge in [0.25, 0.3) is 0 Å². The van der Waals surface area contributed by atoms with Gasteiger partial charge in [0.2, 0.25) is 11.8 Å². The highest BCUT2D eigenvalue weighted by molar-refractivity contribution is 5.96. The number of piperidine rings is 1. The van der Waals surface area contributed by atoms with E-state index in [1.54, 1.807) is 11.8 Å². The molecule has 0 radical (unpaired) electrons. The lowest BCUT2D eigenvalue weighted by Gasteiger charge is -2.32. The number of aliphatic hydroxyl groups excluding tert-OH is 1. The second-order valence-electron chi connectivity index (χ2n) is 6.44. The van der Waals surface area contributed by atoms with E-state index >= 15 is 0 Å². The number of aryl methyl sites for hydroxylation is 2. The molecule has 1 aromatic rings. The molecule has 1 aliphatic rings. The number of carbonyl (C=O) groups excluding carboxylic acids is 2. The van der Waals surface area contributed by atoms with Gasteiger partial charge in [-0.25, -0.2) is 0 Å². The first-order valence-electron chi connectivity index (χ1n) is 8.22. The molecule has 2 N–H and O–H groups in total. The number of carbonyl (C=O) groups is 2. The van der Waals surface area contributed by atoms with E-state index < -0.39 is 6.10 Å². The summed E-state index contributed by atoms with van der Waals surface area (Å²) < 4.78 is 0.